The number of piperazine rings is 1. The number of carbonyl (C=O) groups excluding carboxylic acids is 1. The molecule has 1 fully saturated rings. The highest BCUT2D eigenvalue weighted by Crippen LogP contribution is 2.27. The fraction of sp³-hybridized carbons (Fsp3) is 0.632. The van der Waals surface area contributed by atoms with E-state index in [0.717, 1.165) is 30.7 Å². The predicted molar refractivity (Wildman–Crippen MR) is 106 cm³/mol. The lowest BCUT2D eigenvalue weighted by Gasteiger charge is -2.41. The Hall–Kier alpha value is -1.27. The fourth-order valence-corrected chi connectivity index (χ4v) is 3.44. The highest BCUT2D eigenvalue weighted by molar-refractivity contribution is 9.10. The Bertz CT molecular complexity index is 601. The number of anilines is 1. The van der Waals surface area contributed by atoms with Crippen molar-refractivity contribution >= 4 is 27.7 Å². The molecule has 0 spiro atoms. The second-order valence-electron chi connectivity index (χ2n) is 7.52. The number of halogens is 1. The van der Waals surface area contributed by atoms with Crippen LogP contribution in [0.5, 0.6) is 0 Å². The van der Waals surface area contributed by atoms with Crippen molar-refractivity contribution < 1.29 is 9.53 Å². The Kier molecular flexibility index (Phi) is 6.74. The molecule has 1 aliphatic heterocycles. The van der Waals surface area contributed by atoms with Crippen molar-refractivity contribution in [2.24, 2.45) is 0 Å². The van der Waals surface area contributed by atoms with Gasteiger partial charge in [-0.25, -0.2) is 4.79 Å². The molecule has 1 amide bonds. The van der Waals surface area contributed by atoms with Gasteiger partial charge in [0.25, 0.3) is 0 Å². The topological polar surface area (TPSA) is 44.8 Å². The van der Waals surface area contributed by atoms with Crippen LogP contribution in [0.25, 0.3) is 0 Å². The first kappa shape index (κ1) is 20.0. The van der Waals surface area contributed by atoms with Crippen LogP contribution in [0, 0.1) is 0 Å². The van der Waals surface area contributed by atoms with Crippen LogP contribution in [0.15, 0.2) is 22.7 Å². The van der Waals surface area contributed by atoms with E-state index < -0.39 is 5.60 Å². The zero-order valence-electron chi connectivity index (χ0n) is 15.9. The first-order valence-corrected chi connectivity index (χ1v) is 9.74. The van der Waals surface area contributed by atoms with Crippen LogP contribution in [0.4, 0.5) is 10.5 Å². The van der Waals surface area contributed by atoms with Crippen LogP contribution in [0.3, 0.4) is 0 Å². The summed E-state index contributed by atoms with van der Waals surface area (Å²) in [6.45, 7) is 14.0. The van der Waals surface area contributed by atoms with E-state index in [0.29, 0.717) is 6.54 Å². The van der Waals surface area contributed by atoms with E-state index in [2.05, 4.69) is 58.2 Å². The van der Waals surface area contributed by atoms with Gasteiger partial charge in [-0.1, -0.05) is 22.9 Å². The van der Waals surface area contributed by atoms with Crippen molar-refractivity contribution in [1.29, 1.82) is 0 Å². The first-order chi connectivity index (χ1) is 11.7. The highest BCUT2D eigenvalue weighted by atomic mass is 79.9. The second-order valence-corrected chi connectivity index (χ2v) is 8.44. The minimum Gasteiger partial charge on any atom is -0.444 e. The van der Waals surface area contributed by atoms with Crippen LogP contribution in [0.1, 0.15) is 40.2 Å². The monoisotopic (exact) mass is 411 g/mol. The van der Waals surface area contributed by atoms with Crippen molar-refractivity contribution in [3.05, 3.63) is 28.2 Å². The molecule has 1 saturated heterocycles. The lowest BCUT2D eigenvalue weighted by Crippen LogP contribution is -2.55. The van der Waals surface area contributed by atoms with E-state index >= 15 is 0 Å². The molecule has 1 N–H and O–H groups in total. The SMILES string of the molecule is CCNCc1cc(Br)ccc1N1CCN(C(=O)OC(C)(C)C)C(C)C1. The molecule has 25 heavy (non-hydrogen) atoms. The summed E-state index contributed by atoms with van der Waals surface area (Å²) in [5.74, 6) is 0. The largest absolute Gasteiger partial charge is 0.444 e. The summed E-state index contributed by atoms with van der Waals surface area (Å²) in [5.41, 5.74) is 2.05. The summed E-state index contributed by atoms with van der Waals surface area (Å²) in [5, 5.41) is 3.40. The van der Waals surface area contributed by atoms with Gasteiger partial charge in [-0.05, 0) is 58.0 Å². The lowest BCUT2D eigenvalue weighted by atomic mass is 10.1. The molecular weight excluding hydrogens is 382 g/mol. The summed E-state index contributed by atoms with van der Waals surface area (Å²) in [4.78, 5) is 16.6. The van der Waals surface area contributed by atoms with Crippen LogP contribution in [-0.2, 0) is 11.3 Å². The van der Waals surface area contributed by atoms with Crippen molar-refractivity contribution in [2.75, 3.05) is 31.1 Å². The Morgan fingerprint density at radius 3 is 2.68 bits per heavy atom. The van der Waals surface area contributed by atoms with Crippen LogP contribution in [0.2, 0.25) is 0 Å². The van der Waals surface area contributed by atoms with E-state index in [1.807, 2.05) is 25.7 Å². The van der Waals surface area contributed by atoms with Crippen LogP contribution in [-0.4, -0.2) is 48.8 Å². The second kappa shape index (κ2) is 8.41. The summed E-state index contributed by atoms with van der Waals surface area (Å²) >= 11 is 3.56. The molecule has 0 aromatic heterocycles. The van der Waals surface area contributed by atoms with Gasteiger partial charge in [0, 0.05) is 42.4 Å². The molecule has 0 saturated carbocycles. The van der Waals surface area contributed by atoms with Gasteiger partial charge < -0.3 is 19.9 Å². The van der Waals surface area contributed by atoms with Gasteiger partial charge in [0.1, 0.15) is 5.60 Å². The first-order valence-electron chi connectivity index (χ1n) is 8.95. The Balaban J connectivity index is 2.09. The Labute approximate surface area is 159 Å². The van der Waals surface area contributed by atoms with E-state index in [1.165, 1.54) is 11.3 Å². The Morgan fingerprint density at radius 2 is 2.08 bits per heavy atom. The van der Waals surface area contributed by atoms with Gasteiger partial charge in [-0.3, -0.25) is 0 Å². The Morgan fingerprint density at radius 1 is 1.36 bits per heavy atom. The molecular formula is C19H30BrN3O2. The third-order valence-corrected chi connectivity index (χ3v) is 4.70. The van der Waals surface area contributed by atoms with Crippen molar-refractivity contribution in [1.82, 2.24) is 10.2 Å². The summed E-state index contributed by atoms with van der Waals surface area (Å²) in [6.07, 6.45) is -0.219. The molecule has 0 radical (unpaired) electrons. The summed E-state index contributed by atoms with van der Waals surface area (Å²) in [7, 11) is 0. The van der Waals surface area contributed by atoms with Crippen molar-refractivity contribution in [3.63, 3.8) is 0 Å². The van der Waals surface area contributed by atoms with E-state index in [9.17, 15) is 4.79 Å². The minimum absolute atomic E-state index is 0.110. The van der Waals surface area contributed by atoms with Gasteiger partial charge in [-0.2, -0.15) is 0 Å². The van der Waals surface area contributed by atoms with E-state index in [1.54, 1.807) is 0 Å². The number of nitrogens with zero attached hydrogens (tertiary/aromatic N) is 2. The number of amides is 1. The zero-order chi connectivity index (χ0) is 18.6. The smallest absolute Gasteiger partial charge is 0.410 e. The van der Waals surface area contributed by atoms with Crippen LogP contribution >= 0.6 is 15.9 Å². The molecule has 0 bridgehead atoms. The fourth-order valence-electron chi connectivity index (χ4n) is 3.03. The molecule has 1 aromatic rings. The van der Waals surface area contributed by atoms with Gasteiger partial charge in [0.15, 0.2) is 0 Å². The van der Waals surface area contributed by atoms with Crippen LogP contribution < -0.4 is 10.2 Å². The highest BCUT2D eigenvalue weighted by Gasteiger charge is 2.31. The molecule has 2 rings (SSSR count). The molecule has 1 heterocycles. The predicted octanol–water partition coefficient (Wildman–Crippen LogP) is 4.00. The standard InChI is InChI=1S/C19H30BrN3O2/c1-6-21-12-15-11-16(20)7-8-17(15)22-9-10-23(14(2)13-22)18(24)25-19(3,4)5/h7-8,11,14,21H,6,9-10,12-13H2,1-5H3. The molecule has 6 heteroatoms. The number of rotatable bonds is 4. The quantitative estimate of drug-likeness (QED) is 0.812. The maximum atomic E-state index is 12.4. The normalized spacial score (nSPS) is 18.4. The number of ether oxygens (including phenoxy) is 1. The lowest BCUT2D eigenvalue weighted by molar-refractivity contribution is 0.0159. The molecule has 140 valence electrons. The maximum absolute atomic E-state index is 12.4. The molecule has 1 atom stereocenters. The van der Waals surface area contributed by atoms with Crippen molar-refractivity contribution in [2.45, 2.75) is 52.8 Å². The van der Waals surface area contributed by atoms with Gasteiger partial charge >= 0.3 is 6.09 Å². The third kappa shape index (κ3) is 5.61. The van der Waals surface area contributed by atoms with Gasteiger partial charge in [-0.15, -0.1) is 0 Å². The average Bonchev–Trinajstić information content (AvgIpc) is 2.51. The van der Waals surface area contributed by atoms with Crippen molar-refractivity contribution in [3.8, 4) is 0 Å². The number of benzene rings is 1. The molecule has 1 aromatic carbocycles. The number of carbonyl (C=O) groups is 1. The molecule has 0 aliphatic carbocycles. The number of hydrogen-bond acceptors (Lipinski definition) is 4. The molecule has 5 nitrogen and oxygen atoms in total. The molecule has 1 unspecified atom stereocenters. The average molecular weight is 412 g/mol. The summed E-state index contributed by atoms with van der Waals surface area (Å²) < 4.78 is 6.62. The summed E-state index contributed by atoms with van der Waals surface area (Å²) in [6, 6.07) is 6.52. The minimum atomic E-state index is -0.460. The number of nitrogens with one attached hydrogen (secondary N) is 1. The number of hydrogen-bond donors (Lipinski definition) is 1. The maximum Gasteiger partial charge on any atom is 0.410 e. The van der Waals surface area contributed by atoms with E-state index in [4.69, 9.17) is 4.74 Å². The zero-order valence-corrected chi connectivity index (χ0v) is 17.5. The third-order valence-electron chi connectivity index (χ3n) is 4.20. The van der Waals surface area contributed by atoms with Gasteiger partial charge in [0.05, 0.1) is 0 Å². The van der Waals surface area contributed by atoms with Gasteiger partial charge in [0.2, 0.25) is 0 Å². The van der Waals surface area contributed by atoms with E-state index in [-0.39, 0.29) is 12.1 Å². The molecule has 1 aliphatic rings.